The summed E-state index contributed by atoms with van der Waals surface area (Å²) in [6, 6.07) is 0. The van der Waals surface area contributed by atoms with Crippen LogP contribution in [0.15, 0.2) is 0 Å². The van der Waals surface area contributed by atoms with Crippen molar-refractivity contribution in [1.29, 1.82) is 0 Å². The Bertz CT molecular complexity index is 230. The molecule has 1 aliphatic rings. The Morgan fingerprint density at radius 2 is 2.19 bits per heavy atom. The molecular weight excluding hydrogens is 212 g/mol. The number of ether oxygens (including phenoxy) is 2. The molecule has 1 aliphatic heterocycles. The summed E-state index contributed by atoms with van der Waals surface area (Å²) in [7, 11) is 0. The van der Waals surface area contributed by atoms with Crippen LogP contribution in [-0.2, 0) is 14.3 Å². The van der Waals surface area contributed by atoms with Gasteiger partial charge in [0, 0.05) is 13.3 Å². The number of esters is 1. The van der Waals surface area contributed by atoms with Gasteiger partial charge in [0.15, 0.2) is 0 Å². The van der Waals surface area contributed by atoms with Gasteiger partial charge in [-0.05, 0) is 6.42 Å². The minimum atomic E-state index is -0.979. The molecule has 1 saturated heterocycles. The van der Waals surface area contributed by atoms with E-state index >= 15 is 0 Å². The zero-order valence-electron chi connectivity index (χ0n) is 9.76. The second-order valence-electron chi connectivity index (χ2n) is 4.18. The van der Waals surface area contributed by atoms with E-state index in [1.54, 1.807) is 0 Å². The van der Waals surface area contributed by atoms with E-state index < -0.39 is 24.3 Å². The fraction of sp³-hybridized carbons (Fsp3) is 0.909. The number of carbonyl (C=O) groups is 1. The lowest BCUT2D eigenvalue weighted by molar-refractivity contribution is -0.189. The third-order valence-corrected chi connectivity index (χ3v) is 2.71. The Hall–Kier alpha value is -0.650. The van der Waals surface area contributed by atoms with Gasteiger partial charge in [-0.25, -0.2) is 0 Å². The third-order valence-electron chi connectivity index (χ3n) is 2.71. The number of hydrogen-bond acceptors (Lipinski definition) is 5. The largest absolute Gasteiger partial charge is 0.463 e. The third kappa shape index (κ3) is 3.73. The molecule has 0 aromatic rings. The molecule has 0 aliphatic carbocycles. The first-order chi connectivity index (χ1) is 7.54. The molecule has 0 saturated carbocycles. The maximum atomic E-state index is 10.7. The Kier molecular flexibility index (Phi) is 5.18. The molecule has 0 bridgehead atoms. The van der Waals surface area contributed by atoms with Gasteiger partial charge in [-0.15, -0.1) is 0 Å². The van der Waals surface area contributed by atoms with Crippen LogP contribution in [0, 0.1) is 0 Å². The van der Waals surface area contributed by atoms with Crippen LogP contribution in [0.25, 0.3) is 0 Å². The molecule has 16 heavy (non-hydrogen) atoms. The van der Waals surface area contributed by atoms with Gasteiger partial charge in [-0.1, -0.05) is 13.3 Å². The van der Waals surface area contributed by atoms with Crippen molar-refractivity contribution in [3.05, 3.63) is 0 Å². The monoisotopic (exact) mass is 232 g/mol. The molecule has 0 aromatic carbocycles. The van der Waals surface area contributed by atoms with Crippen LogP contribution in [-0.4, -0.2) is 47.2 Å². The van der Waals surface area contributed by atoms with Gasteiger partial charge in [-0.3, -0.25) is 4.79 Å². The predicted octanol–water partition coefficient (Wildman–Crippen LogP) is 0.229. The molecule has 1 fully saturated rings. The van der Waals surface area contributed by atoms with Crippen LogP contribution in [0.1, 0.15) is 33.1 Å². The molecule has 4 atom stereocenters. The molecule has 0 radical (unpaired) electrons. The molecule has 2 N–H and O–H groups in total. The highest BCUT2D eigenvalue weighted by atomic mass is 16.6. The summed E-state index contributed by atoms with van der Waals surface area (Å²) in [6.45, 7) is 3.32. The molecule has 94 valence electrons. The van der Waals surface area contributed by atoms with Crippen molar-refractivity contribution in [2.75, 3.05) is 6.61 Å². The van der Waals surface area contributed by atoms with Gasteiger partial charge in [0.1, 0.15) is 18.8 Å². The van der Waals surface area contributed by atoms with Gasteiger partial charge >= 0.3 is 5.97 Å². The Morgan fingerprint density at radius 3 is 2.75 bits per heavy atom. The van der Waals surface area contributed by atoms with Crippen LogP contribution < -0.4 is 0 Å². The van der Waals surface area contributed by atoms with Gasteiger partial charge in [0.05, 0.1) is 12.2 Å². The first kappa shape index (κ1) is 13.4. The highest BCUT2D eigenvalue weighted by Gasteiger charge is 2.36. The summed E-state index contributed by atoms with van der Waals surface area (Å²) in [5, 5.41) is 19.3. The number of aliphatic hydroxyl groups excluding tert-OH is 2. The molecule has 0 aromatic heterocycles. The maximum Gasteiger partial charge on any atom is 0.302 e. The first-order valence-electron chi connectivity index (χ1n) is 5.69. The van der Waals surface area contributed by atoms with E-state index in [0.717, 1.165) is 12.8 Å². The molecule has 0 amide bonds. The zero-order chi connectivity index (χ0) is 12.1. The van der Waals surface area contributed by atoms with Gasteiger partial charge < -0.3 is 19.7 Å². The van der Waals surface area contributed by atoms with Crippen molar-refractivity contribution < 1.29 is 24.5 Å². The Morgan fingerprint density at radius 1 is 1.50 bits per heavy atom. The normalized spacial score (nSPS) is 34.8. The molecule has 5 nitrogen and oxygen atoms in total. The standard InChI is InChI=1S/C11H20O5/c1-3-4-8-5-9(13)11(14)10(16-8)6-15-7(2)12/h8-11,13-14H,3-6H2,1-2H3. The van der Waals surface area contributed by atoms with Crippen molar-refractivity contribution in [1.82, 2.24) is 0 Å². The molecule has 5 heteroatoms. The molecule has 1 heterocycles. The number of hydrogen-bond donors (Lipinski definition) is 2. The lowest BCUT2D eigenvalue weighted by Crippen LogP contribution is -2.50. The van der Waals surface area contributed by atoms with Crippen LogP contribution in [0.3, 0.4) is 0 Å². The number of aliphatic hydroxyl groups is 2. The highest BCUT2D eigenvalue weighted by molar-refractivity contribution is 5.65. The van der Waals surface area contributed by atoms with Gasteiger partial charge in [0.2, 0.25) is 0 Å². The van der Waals surface area contributed by atoms with Gasteiger partial charge in [0.25, 0.3) is 0 Å². The Balaban J connectivity index is 2.48. The van der Waals surface area contributed by atoms with Crippen molar-refractivity contribution in [3.8, 4) is 0 Å². The molecule has 4 unspecified atom stereocenters. The van der Waals surface area contributed by atoms with Crippen LogP contribution >= 0.6 is 0 Å². The molecular formula is C11H20O5. The molecule has 1 rings (SSSR count). The second kappa shape index (κ2) is 6.18. The lowest BCUT2D eigenvalue weighted by Gasteiger charge is -2.36. The highest BCUT2D eigenvalue weighted by Crippen LogP contribution is 2.23. The maximum absolute atomic E-state index is 10.7. The topological polar surface area (TPSA) is 76.0 Å². The summed E-state index contributed by atoms with van der Waals surface area (Å²) in [4.78, 5) is 10.7. The van der Waals surface area contributed by atoms with Crippen LogP contribution in [0.2, 0.25) is 0 Å². The summed E-state index contributed by atoms with van der Waals surface area (Å²) in [5.74, 6) is -0.414. The summed E-state index contributed by atoms with van der Waals surface area (Å²) >= 11 is 0. The van der Waals surface area contributed by atoms with Crippen molar-refractivity contribution in [2.45, 2.75) is 57.5 Å². The lowest BCUT2D eigenvalue weighted by atomic mass is 9.96. The smallest absolute Gasteiger partial charge is 0.302 e. The summed E-state index contributed by atoms with van der Waals surface area (Å²) in [6.07, 6.45) is -0.244. The van der Waals surface area contributed by atoms with E-state index in [1.165, 1.54) is 6.92 Å². The second-order valence-corrected chi connectivity index (χ2v) is 4.18. The van der Waals surface area contributed by atoms with Crippen molar-refractivity contribution >= 4 is 5.97 Å². The molecule has 0 spiro atoms. The fourth-order valence-corrected chi connectivity index (χ4v) is 1.89. The van der Waals surface area contributed by atoms with E-state index in [4.69, 9.17) is 9.47 Å². The average Bonchev–Trinajstić information content (AvgIpc) is 2.21. The first-order valence-corrected chi connectivity index (χ1v) is 5.69. The minimum Gasteiger partial charge on any atom is -0.463 e. The Labute approximate surface area is 95.4 Å². The van der Waals surface area contributed by atoms with Crippen molar-refractivity contribution in [2.24, 2.45) is 0 Å². The zero-order valence-corrected chi connectivity index (χ0v) is 9.76. The predicted molar refractivity (Wildman–Crippen MR) is 56.8 cm³/mol. The van der Waals surface area contributed by atoms with E-state index in [1.807, 2.05) is 6.92 Å². The summed E-state index contributed by atoms with van der Waals surface area (Å²) < 4.78 is 10.4. The van der Waals surface area contributed by atoms with E-state index in [9.17, 15) is 15.0 Å². The average molecular weight is 232 g/mol. The van der Waals surface area contributed by atoms with Gasteiger partial charge in [-0.2, -0.15) is 0 Å². The van der Waals surface area contributed by atoms with E-state index in [2.05, 4.69) is 0 Å². The summed E-state index contributed by atoms with van der Waals surface area (Å²) in [5.41, 5.74) is 0. The number of carbonyl (C=O) groups excluding carboxylic acids is 1. The van der Waals surface area contributed by atoms with Crippen LogP contribution in [0.5, 0.6) is 0 Å². The minimum absolute atomic E-state index is 0.00618. The van der Waals surface area contributed by atoms with E-state index in [-0.39, 0.29) is 12.7 Å². The van der Waals surface area contributed by atoms with E-state index in [0.29, 0.717) is 6.42 Å². The van der Waals surface area contributed by atoms with Crippen LogP contribution in [0.4, 0.5) is 0 Å². The quantitative estimate of drug-likeness (QED) is 0.678. The van der Waals surface area contributed by atoms with Crippen molar-refractivity contribution in [3.63, 3.8) is 0 Å². The fourth-order valence-electron chi connectivity index (χ4n) is 1.89. The SMILES string of the molecule is CCCC1CC(O)C(O)C(COC(C)=O)O1. The number of rotatable bonds is 4.